The van der Waals surface area contributed by atoms with Crippen LogP contribution in [0.15, 0.2) is 66.4 Å². The standard InChI is InChI=1S/C27H26N2O2/c1-16-7-6-8-22(13-16)29-26(30)24(21-12-11-18(3)20(5)15-21)25(27(29)31)28-23-14-17(2)9-10-19(23)4/h6-15,28H,1-5H3. The van der Waals surface area contributed by atoms with E-state index in [9.17, 15) is 9.59 Å². The molecule has 0 radical (unpaired) electrons. The molecule has 0 bridgehead atoms. The van der Waals surface area contributed by atoms with E-state index in [4.69, 9.17) is 0 Å². The van der Waals surface area contributed by atoms with Crippen molar-refractivity contribution in [3.05, 3.63) is 99.7 Å². The Labute approximate surface area is 183 Å². The minimum absolute atomic E-state index is 0.309. The van der Waals surface area contributed by atoms with Crippen LogP contribution >= 0.6 is 0 Å². The Morgan fingerprint density at radius 3 is 2.10 bits per heavy atom. The van der Waals surface area contributed by atoms with E-state index in [1.165, 1.54) is 4.90 Å². The highest BCUT2D eigenvalue weighted by Gasteiger charge is 2.40. The maximum Gasteiger partial charge on any atom is 0.282 e. The number of nitrogens with zero attached hydrogens (tertiary/aromatic N) is 1. The Bertz CT molecular complexity index is 1250. The van der Waals surface area contributed by atoms with E-state index in [0.29, 0.717) is 17.0 Å². The third-order valence-electron chi connectivity index (χ3n) is 5.79. The van der Waals surface area contributed by atoms with Crippen molar-refractivity contribution in [1.29, 1.82) is 0 Å². The number of anilines is 2. The number of benzene rings is 3. The molecule has 0 aromatic heterocycles. The quantitative estimate of drug-likeness (QED) is 0.568. The lowest BCUT2D eigenvalue weighted by Gasteiger charge is -2.16. The lowest BCUT2D eigenvalue weighted by molar-refractivity contribution is -0.120. The van der Waals surface area contributed by atoms with Crippen molar-refractivity contribution in [1.82, 2.24) is 0 Å². The largest absolute Gasteiger partial charge is 0.350 e. The van der Waals surface area contributed by atoms with Crippen LogP contribution in [0.2, 0.25) is 0 Å². The number of amides is 2. The molecule has 0 saturated carbocycles. The average Bonchev–Trinajstić information content (AvgIpc) is 2.96. The van der Waals surface area contributed by atoms with Gasteiger partial charge in [-0.2, -0.15) is 0 Å². The second-order valence-electron chi connectivity index (χ2n) is 8.28. The van der Waals surface area contributed by atoms with Gasteiger partial charge in [-0.05, 0) is 86.2 Å². The normalized spacial score (nSPS) is 13.9. The van der Waals surface area contributed by atoms with Crippen LogP contribution in [0, 0.1) is 34.6 Å². The molecule has 0 aliphatic carbocycles. The van der Waals surface area contributed by atoms with Crippen LogP contribution in [0.5, 0.6) is 0 Å². The molecule has 4 heteroatoms. The first-order valence-corrected chi connectivity index (χ1v) is 10.4. The van der Waals surface area contributed by atoms with Crippen molar-refractivity contribution in [2.24, 2.45) is 0 Å². The zero-order chi connectivity index (χ0) is 22.3. The van der Waals surface area contributed by atoms with Crippen molar-refractivity contribution in [2.45, 2.75) is 34.6 Å². The van der Waals surface area contributed by atoms with Crippen molar-refractivity contribution < 1.29 is 9.59 Å². The van der Waals surface area contributed by atoms with Crippen molar-refractivity contribution in [3.8, 4) is 0 Å². The summed E-state index contributed by atoms with van der Waals surface area (Å²) >= 11 is 0. The van der Waals surface area contributed by atoms with Crippen LogP contribution in [0.3, 0.4) is 0 Å². The number of rotatable bonds is 4. The van der Waals surface area contributed by atoms with Gasteiger partial charge in [-0.3, -0.25) is 9.59 Å². The Morgan fingerprint density at radius 1 is 0.677 bits per heavy atom. The lowest BCUT2D eigenvalue weighted by Crippen LogP contribution is -2.32. The highest BCUT2D eigenvalue weighted by atomic mass is 16.2. The molecule has 1 heterocycles. The Kier molecular flexibility index (Phi) is 5.24. The molecular weight excluding hydrogens is 384 g/mol. The fourth-order valence-electron chi connectivity index (χ4n) is 3.82. The van der Waals surface area contributed by atoms with E-state index in [1.807, 2.05) is 89.2 Å². The molecule has 3 aromatic carbocycles. The van der Waals surface area contributed by atoms with E-state index < -0.39 is 0 Å². The molecule has 156 valence electrons. The first kappa shape index (κ1) is 20.6. The van der Waals surface area contributed by atoms with Gasteiger partial charge in [0.15, 0.2) is 0 Å². The van der Waals surface area contributed by atoms with Gasteiger partial charge < -0.3 is 5.32 Å². The number of hydrogen-bond acceptors (Lipinski definition) is 3. The minimum atomic E-state index is -0.343. The summed E-state index contributed by atoms with van der Waals surface area (Å²) in [6.07, 6.45) is 0. The summed E-state index contributed by atoms with van der Waals surface area (Å²) in [5.41, 5.74) is 8.13. The number of hydrogen-bond donors (Lipinski definition) is 1. The number of carbonyl (C=O) groups excluding carboxylic acids is 2. The summed E-state index contributed by atoms with van der Waals surface area (Å²) in [4.78, 5) is 28.4. The minimum Gasteiger partial charge on any atom is -0.350 e. The summed E-state index contributed by atoms with van der Waals surface area (Å²) < 4.78 is 0. The Balaban J connectivity index is 1.88. The molecule has 1 aliphatic heterocycles. The first-order chi connectivity index (χ1) is 14.8. The van der Waals surface area contributed by atoms with E-state index in [0.717, 1.165) is 39.1 Å². The SMILES string of the molecule is Cc1cccc(N2C(=O)C(Nc3cc(C)ccc3C)=C(c3ccc(C)c(C)c3)C2=O)c1. The maximum atomic E-state index is 13.6. The summed E-state index contributed by atoms with van der Waals surface area (Å²) in [5.74, 6) is -0.656. The molecule has 0 unspecified atom stereocenters. The van der Waals surface area contributed by atoms with Crippen LogP contribution in [0.4, 0.5) is 11.4 Å². The predicted octanol–water partition coefficient (Wildman–Crippen LogP) is 5.63. The van der Waals surface area contributed by atoms with Gasteiger partial charge >= 0.3 is 0 Å². The number of aryl methyl sites for hydroxylation is 5. The Morgan fingerprint density at radius 2 is 1.39 bits per heavy atom. The first-order valence-electron chi connectivity index (χ1n) is 10.4. The van der Waals surface area contributed by atoms with Crippen LogP contribution in [-0.2, 0) is 9.59 Å². The van der Waals surface area contributed by atoms with Gasteiger partial charge in [0.2, 0.25) is 0 Å². The van der Waals surface area contributed by atoms with Gasteiger partial charge in [-0.25, -0.2) is 4.90 Å². The summed E-state index contributed by atoms with van der Waals surface area (Å²) in [6, 6.07) is 19.4. The number of imide groups is 1. The van der Waals surface area contributed by atoms with Gasteiger partial charge in [0.1, 0.15) is 5.70 Å². The lowest BCUT2D eigenvalue weighted by atomic mass is 9.99. The molecule has 31 heavy (non-hydrogen) atoms. The molecule has 0 fully saturated rings. The molecule has 0 atom stereocenters. The number of nitrogens with one attached hydrogen (secondary N) is 1. The Hall–Kier alpha value is -3.66. The van der Waals surface area contributed by atoms with Gasteiger partial charge in [-0.1, -0.05) is 42.5 Å². The third kappa shape index (κ3) is 3.77. The summed E-state index contributed by atoms with van der Waals surface area (Å²) in [7, 11) is 0. The van der Waals surface area contributed by atoms with Gasteiger partial charge in [0.25, 0.3) is 11.8 Å². The molecule has 0 spiro atoms. The van der Waals surface area contributed by atoms with Crippen LogP contribution < -0.4 is 10.2 Å². The van der Waals surface area contributed by atoms with Crippen LogP contribution in [0.25, 0.3) is 5.57 Å². The zero-order valence-corrected chi connectivity index (χ0v) is 18.5. The number of carbonyl (C=O) groups is 2. The van der Waals surface area contributed by atoms with E-state index >= 15 is 0 Å². The van der Waals surface area contributed by atoms with E-state index in [2.05, 4.69) is 5.32 Å². The second kappa shape index (κ2) is 7.88. The highest BCUT2D eigenvalue weighted by molar-refractivity contribution is 6.46. The topological polar surface area (TPSA) is 49.4 Å². The zero-order valence-electron chi connectivity index (χ0n) is 18.5. The van der Waals surface area contributed by atoms with Crippen molar-refractivity contribution in [2.75, 3.05) is 10.2 Å². The fraction of sp³-hybridized carbons (Fsp3) is 0.185. The predicted molar refractivity (Wildman–Crippen MR) is 126 cm³/mol. The molecule has 1 N–H and O–H groups in total. The summed E-state index contributed by atoms with van der Waals surface area (Å²) in [5, 5.41) is 3.29. The monoisotopic (exact) mass is 410 g/mol. The average molecular weight is 411 g/mol. The molecule has 4 rings (SSSR count). The molecule has 1 aliphatic rings. The smallest absolute Gasteiger partial charge is 0.282 e. The van der Waals surface area contributed by atoms with Crippen LogP contribution in [0.1, 0.15) is 33.4 Å². The van der Waals surface area contributed by atoms with Gasteiger partial charge in [0.05, 0.1) is 11.3 Å². The molecule has 4 nitrogen and oxygen atoms in total. The van der Waals surface area contributed by atoms with Gasteiger partial charge in [0, 0.05) is 5.69 Å². The second-order valence-corrected chi connectivity index (χ2v) is 8.28. The van der Waals surface area contributed by atoms with Crippen LogP contribution in [-0.4, -0.2) is 11.8 Å². The third-order valence-corrected chi connectivity index (χ3v) is 5.79. The van der Waals surface area contributed by atoms with Gasteiger partial charge in [-0.15, -0.1) is 0 Å². The summed E-state index contributed by atoms with van der Waals surface area (Å²) in [6.45, 7) is 9.98. The van der Waals surface area contributed by atoms with E-state index in [-0.39, 0.29) is 11.8 Å². The molecule has 3 aromatic rings. The maximum absolute atomic E-state index is 13.6. The molecule has 2 amide bonds. The molecular formula is C27H26N2O2. The molecule has 0 saturated heterocycles. The highest BCUT2D eigenvalue weighted by Crippen LogP contribution is 2.35. The fourth-order valence-corrected chi connectivity index (χ4v) is 3.82. The van der Waals surface area contributed by atoms with E-state index in [1.54, 1.807) is 6.07 Å². The van der Waals surface area contributed by atoms with Crippen molar-refractivity contribution in [3.63, 3.8) is 0 Å². The van der Waals surface area contributed by atoms with Crippen molar-refractivity contribution >= 4 is 28.8 Å².